The van der Waals surface area contributed by atoms with Gasteiger partial charge in [-0.05, 0) is 49.4 Å². The van der Waals surface area contributed by atoms with E-state index in [0.717, 1.165) is 24.1 Å². The highest BCUT2D eigenvalue weighted by Gasteiger charge is 2.23. The Hall–Kier alpha value is -2.17. The summed E-state index contributed by atoms with van der Waals surface area (Å²) in [4.78, 5) is 18.8. The van der Waals surface area contributed by atoms with E-state index in [-0.39, 0.29) is 17.6 Å². The second kappa shape index (κ2) is 9.35. The van der Waals surface area contributed by atoms with Crippen LogP contribution in [0.25, 0.3) is 0 Å². The van der Waals surface area contributed by atoms with Crippen molar-refractivity contribution in [3.05, 3.63) is 40.8 Å². The zero-order chi connectivity index (χ0) is 20.0. The number of carbonyl (C=O) groups excluding carboxylic acids is 1. The van der Waals surface area contributed by atoms with Crippen LogP contribution < -0.4 is 9.88 Å². The van der Waals surface area contributed by atoms with E-state index in [1.54, 1.807) is 28.7 Å². The van der Waals surface area contributed by atoms with Crippen LogP contribution in [0.1, 0.15) is 24.1 Å². The van der Waals surface area contributed by atoms with E-state index in [1.165, 1.54) is 23.5 Å². The minimum atomic E-state index is -3.69. The van der Waals surface area contributed by atoms with Crippen LogP contribution in [0.2, 0.25) is 0 Å². The topological polar surface area (TPSA) is 112 Å². The van der Waals surface area contributed by atoms with Gasteiger partial charge in [-0.15, -0.1) is 11.3 Å². The molecule has 1 aromatic carbocycles. The van der Waals surface area contributed by atoms with E-state index in [2.05, 4.69) is 4.98 Å². The molecule has 0 radical (unpaired) electrons. The first-order chi connectivity index (χ1) is 13.4. The Labute approximate surface area is 168 Å². The molecule has 0 unspecified atom stereocenters. The molecule has 0 saturated carbocycles. The van der Waals surface area contributed by atoms with Gasteiger partial charge < -0.3 is 14.4 Å². The zero-order valence-corrected chi connectivity index (χ0v) is 17.0. The number of aromatic nitrogens is 1. The van der Waals surface area contributed by atoms with Crippen molar-refractivity contribution in [2.75, 3.05) is 19.7 Å². The summed E-state index contributed by atoms with van der Waals surface area (Å²) in [5.41, 5.74) is 1.71. The standard InChI is InChI=1S/C18H23N3O5S2/c19-28(23,24)17-3-1-15(2-4-17)25-10-7-14-5-8-21(9-6-14)18(22)26-12-16-11-20-13-27-16/h1-4,11,13-14H,5-10,12H2,(H2,19,23,24). The Kier molecular flexibility index (Phi) is 6.87. The van der Waals surface area contributed by atoms with Gasteiger partial charge in [0.1, 0.15) is 12.4 Å². The highest BCUT2D eigenvalue weighted by atomic mass is 32.2. The molecule has 8 nitrogen and oxygen atoms in total. The summed E-state index contributed by atoms with van der Waals surface area (Å²) in [6.45, 7) is 2.15. The molecule has 28 heavy (non-hydrogen) atoms. The summed E-state index contributed by atoms with van der Waals surface area (Å²) < 4.78 is 33.5. The summed E-state index contributed by atoms with van der Waals surface area (Å²) in [5.74, 6) is 1.09. The number of carbonyl (C=O) groups is 1. The van der Waals surface area contributed by atoms with Crippen LogP contribution in [-0.4, -0.2) is 44.1 Å². The third kappa shape index (κ3) is 5.91. The number of nitrogens with zero attached hydrogens (tertiary/aromatic N) is 2. The maximum absolute atomic E-state index is 12.1. The maximum Gasteiger partial charge on any atom is 0.410 e. The number of benzene rings is 1. The number of thiazole rings is 1. The van der Waals surface area contributed by atoms with Crippen molar-refractivity contribution < 1.29 is 22.7 Å². The number of rotatable bonds is 7. The Morgan fingerprint density at radius 3 is 2.57 bits per heavy atom. The van der Waals surface area contributed by atoms with E-state index < -0.39 is 10.0 Å². The van der Waals surface area contributed by atoms with Crippen LogP contribution in [-0.2, 0) is 21.4 Å². The Balaban J connectivity index is 1.34. The molecule has 0 bridgehead atoms. The normalized spacial score (nSPS) is 15.4. The fourth-order valence-corrected chi connectivity index (χ4v) is 4.03. The number of hydrogen-bond acceptors (Lipinski definition) is 7. The van der Waals surface area contributed by atoms with E-state index in [0.29, 0.717) is 31.4 Å². The predicted octanol–water partition coefficient (Wildman–Crippen LogP) is 2.61. The van der Waals surface area contributed by atoms with Gasteiger partial charge in [0.2, 0.25) is 10.0 Å². The molecule has 0 spiro atoms. The number of hydrogen-bond donors (Lipinski definition) is 1. The average molecular weight is 426 g/mol. The van der Waals surface area contributed by atoms with Crippen molar-refractivity contribution in [3.63, 3.8) is 0 Å². The van der Waals surface area contributed by atoms with Gasteiger partial charge in [-0.3, -0.25) is 4.98 Å². The summed E-state index contributed by atoms with van der Waals surface area (Å²) in [7, 11) is -3.69. The Bertz CT molecular complexity index is 861. The molecule has 1 aliphatic heterocycles. The van der Waals surface area contributed by atoms with Crippen LogP contribution in [0.3, 0.4) is 0 Å². The molecule has 2 heterocycles. The van der Waals surface area contributed by atoms with E-state index >= 15 is 0 Å². The third-order valence-electron chi connectivity index (χ3n) is 4.64. The van der Waals surface area contributed by atoms with Gasteiger partial charge in [-0.2, -0.15) is 0 Å². The molecule has 0 aliphatic carbocycles. The minimum absolute atomic E-state index is 0.0643. The van der Waals surface area contributed by atoms with E-state index in [9.17, 15) is 13.2 Å². The molecule has 2 aromatic rings. The fraction of sp³-hybridized carbons (Fsp3) is 0.444. The number of primary sulfonamides is 1. The van der Waals surface area contributed by atoms with Crippen molar-refractivity contribution in [1.82, 2.24) is 9.88 Å². The van der Waals surface area contributed by atoms with Gasteiger partial charge in [0.05, 0.1) is 21.9 Å². The lowest BCUT2D eigenvalue weighted by Crippen LogP contribution is -2.39. The lowest BCUT2D eigenvalue weighted by atomic mass is 9.94. The first-order valence-corrected chi connectivity index (χ1v) is 11.4. The molecule has 1 aromatic heterocycles. The number of amides is 1. The second-order valence-electron chi connectivity index (χ2n) is 6.61. The Morgan fingerprint density at radius 1 is 1.25 bits per heavy atom. The predicted molar refractivity (Wildman–Crippen MR) is 105 cm³/mol. The lowest BCUT2D eigenvalue weighted by Gasteiger charge is -2.31. The third-order valence-corrected chi connectivity index (χ3v) is 6.32. The maximum atomic E-state index is 12.1. The number of ether oxygens (including phenoxy) is 2. The largest absolute Gasteiger partial charge is 0.494 e. The smallest absolute Gasteiger partial charge is 0.410 e. The summed E-state index contributed by atoms with van der Waals surface area (Å²) >= 11 is 1.46. The van der Waals surface area contributed by atoms with Crippen molar-refractivity contribution in [2.45, 2.75) is 30.8 Å². The van der Waals surface area contributed by atoms with E-state index in [1.807, 2.05) is 0 Å². The van der Waals surface area contributed by atoms with Gasteiger partial charge in [0.15, 0.2) is 0 Å². The molecule has 1 amide bonds. The molecular weight excluding hydrogens is 402 g/mol. The quantitative estimate of drug-likeness (QED) is 0.730. The van der Waals surface area contributed by atoms with Crippen molar-refractivity contribution >= 4 is 27.5 Å². The van der Waals surface area contributed by atoms with Crippen LogP contribution in [0.5, 0.6) is 5.75 Å². The molecular formula is C18H23N3O5S2. The average Bonchev–Trinajstić information content (AvgIpc) is 3.20. The fourth-order valence-electron chi connectivity index (χ4n) is 3.01. The minimum Gasteiger partial charge on any atom is -0.494 e. The number of likely N-dealkylation sites (tertiary alicyclic amines) is 1. The van der Waals surface area contributed by atoms with Crippen LogP contribution in [0, 0.1) is 5.92 Å². The SMILES string of the molecule is NS(=O)(=O)c1ccc(OCCC2CCN(C(=O)OCc3cncs3)CC2)cc1. The molecule has 152 valence electrons. The van der Waals surface area contributed by atoms with Crippen molar-refractivity contribution in [2.24, 2.45) is 11.1 Å². The zero-order valence-electron chi connectivity index (χ0n) is 15.3. The molecule has 10 heteroatoms. The molecule has 1 aliphatic rings. The Morgan fingerprint density at radius 2 is 1.96 bits per heavy atom. The summed E-state index contributed by atoms with van der Waals surface area (Å²) in [6.07, 6.45) is 4.11. The van der Waals surface area contributed by atoms with Gasteiger partial charge >= 0.3 is 6.09 Å². The first kappa shape index (κ1) is 20.6. The van der Waals surface area contributed by atoms with Gasteiger partial charge in [0, 0.05) is 19.3 Å². The summed E-state index contributed by atoms with van der Waals surface area (Å²) in [6, 6.07) is 6.06. The van der Waals surface area contributed by atoms with Crippen LogP contribution in [0.15, 0.2) is 40.9 Å². The number of piperidine rings is 1. The second-order valence-corrected chi connectivity index (χ2v) is 9.14. The van der Waals surface area contributed by atoms with Gasteiger partial charge in [0.25, 0.3) is 0 Å². The number of sulfonamides is 1. The summed E-state index contributed by atoms with van der Waals surface area (Å²) in [5, 5.41) is 5.07. The van der Waals surface area contributed by atoms with Gasteiger partial charge in [-0.1, -0.05) is 0 Å². The van der Waals surface area contributed by atoms with E-state index in [4.69, 9.17) is 14.6 Å². The first-order valence-electron chi connectivity index (χ1n) is 8.96. The van der Waals surface area contributed by atoms with Crippen molar-refractivity contribution in [3.8, 4) is 5.75 Å². The van der Waals surface area contributed by atoms with Crippen LogP contribution >= 0.6 is 11.3 Å². The number of nitrogens with two attached hydrogens (primary N) is 1. The molecule has 1 saturated heterocycles. The highest BCUT2D eigenvalue weighted by molar-refractivity contribution is 7.89. The molecule has 3 rings (SSSR count). The monoisotopic (exact) mass is 425 g/mol. The van der Waals surface area contributed by atoms with Crippen LogP contribution in [0.4, 0.5) is 4.79 Å². The van der Waals surface area contributed by atoms with Crippen molar-refractivity contribution in [1.29, 1.82) is 0 Å². The lowest BCUT2D eigenvalue weighted by molar-refractivity contribution is 0.0807. The highest BCUT2D eigenvalue weighted by Crippen LogP contribution is 2.22. The van der Waals surface area contributed by atoms with Gasteiger partial charge in [-0.25, -0.2) is 18.4 Å². The molecule has 1 fully saturated rings. The molecule has 2 N–H and O–H groups in total. The molecule has 0 atom stereocenters.